The van der Waals surface area contributed by atoms with Gasteiger partial charge in [-0.2, -0.15) is 0 Å². The van der Waals surface area contributed by atoms with Crippen molar-refractivity contribution in [1.82, 2.24) is 4.90 Å². The van der Waals surface area contributed by atoms with E-state index in [1.54, 1.807) is 18.2 Å². The fourth-order valence-corrected chi connectivity index (χ4v) is 3.48. The number of rotatable bonds is 8. The maximum atomic E-state index is 12.5. The van der Waals surface area contributed by atoms with Crippen LogP contribution in [0.4, 0.5) is 11.4 Å². The van der Waals surface area contributed by atoms with Gasteiger partial charge in [-0.25, -0.2) is 4.89 Å². The van der Waals surface area contributed by atoms with Crippen LogP contribution in [0.3, 0.4) is 0 Å². The Morgan fingerprint density at radius 3 is 2.45 bits per heavy atom. The molecule has 1 fully saturated rings. The molecule has 3 rings (SSSR count). The first-order valence-electron chi connectivity index (χ1n) is 8.90. The van der Waals surface area contributed by atoms with Gasteiger partial charge >= 0.3 is 0 Å². The van der Waals surface area contributed by atoms with Crippen molar-refractivity contribution >= 4 is 52.7 Å². The van der Waals surface area contributed by atoms with Gasteiger partial charge in [-0.3, -0.25) is 4.79 Å². The highest BCUT2D eigenvalue weighted by Gasteiger charge is 2.22. The molecule has 1 aliphatic heterocycles. The summed E-state index contributed by atoms with van der Waals surface area (Å²) >= 11 is 13.0. The van der Waals surface area contributed by atoms with Crippen LogP contribution in [0.25, 0.3) is 0 Å². The summed E-state index contributed by atoms with van der Waals surface area (Å²) in [4.78, 5) is 20.9. The zero-order valence-electron chi connectivity index (χ0n) is 15.8. The highest BCUT2D eigenvalue weighted by Crippen LogP contribution is 2.27. The Hall–Kier alpha value is -1.84. The van der Waals surface area contributed by atoms with E-state index >= 15 is 0 Å². The second kappa shape index (κ2) is 10.8. The summed E-state index contributed by atoms with van der Waals surface area (Å²) in [6.45, 7) is 2.71. The number of ether oxygens (including phenoxy) is 1. The predicted octanol–water partition coefficient (Wildman–Crippen LogP) is 4.27. The molecule has 1 amide bonds. The van der Waals surface area contributed by atoms with Gasteiger partial charge in [0.05, 0.1) is 17.2 Å². The highest BCUT2D eigenvalue weighted by molar-refractivity contribution is 7.95. The average Bonchev–Trinajstić information content (AvgIpc) is 2.75. The first kappa shape index (κ1) is 21.9. The summed E-state index contributed by atoms with van der Waals surface area (Å²) in [5, 5.41) is 1.06. The molecule has 0 radical (unpaired) electrons. The van der Waals surface area contributed by atoms with Gasteiger partial charge < -0.3 is 19.3 Å². The largest absolute Gasteiger partial charge is 0.484 e. The van der Waals surface area contributed by atoms with Crippen LogP contribution in [0.2, 0.25) is 10.0 Å². The molecule has 1 heterocycles. The third-order valence-electron chi connectivity index (χ3n) is 4.38. The summed E-state index contributed by atoms with van der Waals surface area (Å²) in [6.07, 6.45) is 0. The molecule has 156 valence electrons. The van der Waals surface area contributed by atoms with Gasteiger partial charge in [0.15, 0.2) is 6.61 Å². The number of carbonyl (C=O) groups is 1. The van der Waals surface area contributed by atoms with E-state index in [2.05, 4.69) is 18.8 Å². The SMILES string of the molecule is COOSNc1ccc(OCC(=O)N2CCN(c3ccc(Cl)c(Cl)c3)CC2)cc1. The summed E-state index contributed by atoms with van der Waals surface area (Å²) in [5.74, 6) is 0.584. The Kier molecular flexibility index (Phi) is 8.14. The van der Waals surface area contributed by atoms with Crippen LogP contribution in [0.1, 0.15) is 0 Å². The summed E-state index contributed by atoms with van der Waals surface area (Å²) in [7, 11) is 1.43. The molecule has 7 nitrogen and oxygen atoms in total. The smallest absolute Gasteiger partial charge is 0.260 e. The average molecular weight is 458 g/mol. The normalized spacial score (nSPS) is 14.0. The number of nitrogens with zero attached hydrogens (tertiary/aromatic N) is 2. The van der Waals surface area contributed by atoms with E-state index in [1.165, 1.54) is 7.11 Å². The van der Waals surface area contributed by atoms with E-state index in [4.69, 9.17) is 27.9 Å². The van der Waals surface area contributed by atoms with Crippen LogP contribution in [-0.2, 0) is 14.0 Å². The van der Waals surface area contributed by atoms with E-state index in [0.29, 0.717) is 28.9 Å². The van der Waals surface area contributed by atoms with Crippen LogP contribution in [0.5, 0.6) is 5.75 Å². The lowest BCUT2D eigenvalue weighted by molar-refractivity contribution is -0.159. The summed E-state index contributed by atoms with van der Waals surface area (Å²) < 4.78 is 13.2. The molecule has 10 heteroatoms. The van der Waals surface area contributed by atoms with Gasteiger partial charge in [-0.15, -0.1) is 4.33 Å². The Bertz CT molecular complexity index is 818. The quantitative estimate of drug-likeness (QED) is 0.208. The van der Waals surface area contributed by atoms with E-state index < -0.39 is 0 Å². The molecule has 1 saturated heterocycles. The Morgan fingerprint density at radius 1 is 1.07 bits per heavy atom. The molecule has 0 aliphatic carbocycles. The van der Waals surface area contributed by atoms with Crippen molar-refractivity contribution in [2.45, 2.75) is 0 Å². The molecular weight excluding hydrogens is 437 g/mol. The van der Waals surface area contributed by atoms with Crippen LogP contribution >= 0.6 is 35.4 Å². The third kappa shape index (κ3) is 6.32. The topological polar surface area (TPSA) is 63.3 Å². The standard InChI is InChI=1S/C19H21Cl2N3O4S/c1-26-28-29-22-14-2-5-16(6-3-14)27-13-19(25)24-10-8-23(9-11-24)15-4-7-17(20)18(21)12-15/h2-7,12,22H,8-11,13H2,1H3. The van der Waals surface area contributed by atoms with Crippen molar-refractivity contribution in [2.24, 2.45) is 0 Å². The number of benzene rings is 2. The third-order valence-corrected chi connectivity index (χ3v) is 5.64. The lowest BCUT2D eigenvalue weighted by atomic mass is 10.2. The monoisotopic (exact) mass is 457 g/mol. The molecule has 0 aromatic heterocycles. The fourth-order valence-electron chi connectivity index (χ4n) is 2.85. The maximum Gasteiger partial charge on any atom is 0.260 e. The minimum atomic E-state index is -0.0370. The molecule has 2 aromatic carbocycles. The molecule has 0 unspecified atom stereocenters. The Labute approximate surface area is 184 Å². The second-order valence-electron chi connectivity index (χ2n) is 6.20. The molecule has 1 aliphatic rings. The molecule has 0 spiro atoms. The number of halogens is 2. The fraction of sp³-hybridized carbons (Fsp3) is 0.316. The minimum absolute atomic E-state index is 0.00108. The molecule has 1 N–H and O–H groups in total. The molecule has 0 saturated carbocycles. The van der Waals surface area contributed by atoms with E-state index in [9.17, 15) is 4.79 Å². The van der Waals surface area contributed by atoms with Gasteiger partial charge in [0.25, 0.3) is 5.91 Å². The number of piperazine rings is 1. The van der Waals surface area contributed by atoms with Gasteiger partial charge in [0, 0.05) is 37.6 Å². The number of amides is 1. The van der Waals surface area contributed by atoms with Crippen LogP contribution in [0.15, 0.2) is 42.5 Å². The summed E-state index contributed by atoms with van der Waals surface area (Å²) in [5.41, 5.74) is 1.83. The van der Waals surface area contributed by atoms with Crippen LogP contribution in [0, 0.1) is 0 Å². The van der Waals surface area contributed by atoms with Gasteiger partial charge in [0.1, 0.15) is 18.0 Å². The molecule has 0 atom stereocenters. The summed E-state index contributed by atoms with van der Waals surface area (Å²) in [6, 6.07) is 12.8. The lowest BCUT2D eigenvalue weighted by Crippen LogP contribution is -2.50. The number of nitrogens with one attached hydrogen (secondary N) is 1. The number of hydrogen-bond donors (Lipinski definition) is 1. The van der Waals surface area contributed by atoms with E-state index in [0.717, 1.165) is 36.7 Å². The van der Waals surface area contributed by atoms with Crippen molar-refractivity contribution in [3.8, 4) is 5.75 Å². The molecule has 0 bridgehead atoms. The second-order valence-corrected chi connectivity index (χ2v) is 7.52. The van der Waals surface area contributed by atoms with Gasteiger partial charge in [0.2, 0.25) is 0 Å². The first-order valence-corrected chi connectivity index (χ1v) is 10.4. The lowest BCUT2D eigenvalue weighted by Gasteiger charge is -2.36. The molecule has 29 heavy (non-hydrogen) atoms. The van der Waals surface area contributed by atoms with Crippen LogP contribution < -0.4 is 14.4 Å². The van der Waals surface area contributed by atoms with E-state index in [-0.39, 0.29) is 12.5 Å². The van der Waals surface area contributed by atoms with E-state index in [1.807, 2.05) is 29.2 Å². The zero-order valence-corrected chi connectivity index (χ0v) is 18.1. The van der Waals surface area contributed by atoms with Crippen molar-refractivity contribution < 1.29 is 18.8 Å². The number of carbonyl (C=O) groups excluding carboxylic acids is 1. The van der Waals surface area contributed by atoms with Gasteiger partial charge in [-0.1, -0.05) is 23.2 Å². The first-order chi connectivity index (χ1) is 14.1. The molecular formula is C19H21Cl2N3O4S. The minimum Gasteiger partial charge on any atom is -0.484 e. The number of anilines is 2. The zero-order chi connectivity index (χ0) is 20.6. The predicted molar refractivity (Wildman–Crippen MR) is 116 cm³/mol. The maximum absolute atomic E-state index is 12.5. The van der Waals surface area contributed by atoms with Crippen molar-refractivity contribution in [2.75, 3.05) is 49.5 Å². The van der Waals surface area contributed by atoms with Crippen LogP contribution in [-0.4, -0.2) is 50.7 Å². The Balaban J connectivity index is 1.43. The highest BCUT2D eigenvalue weighted by atomic mass is 35.5. The molecule has 2 aromatic rings. The van der Waals surface area contributed by atoms with Crippen molar-refractivity contribution in [3.63, 3.8) is 0 Å². The number of hydrogen-bond acceptors (Lipinski definition) is 7. The van der Waals surface area contributed by atoms with Gasteiger partial charge in [-0.05, 0) is 42.5 Å². The van der Waals surface area contributed by atoms with Crippen molar-refractivity contribution in [3.05, 3.63) is 52.5 Å². The Morgan fingerprint density at radius 2 is 1.79 bits per heavy atom. The van der Waals surface area contributed by atoms with Crippen molar-refractivity contribution in [1.29, 1.82) is 0 Å².